The fourth-order valence-electron chi connectivity index (χ4n) is 2.91. The zero-order chi connectivity index (χ0) is 13.5. The molecule has 0 bridgehead atoms. The van der Waals surface area contributed by atoms with Gasteiger partial charge in [-0.25, -0.2) is 5.43 Å². The standard InChI is InChI=1S/C15H19N3O/c1-10(11-3-5-12(16)6-4-11)17-18-14(19)13-9-15(13)7-2-8-15/h3-6,13H,2,7-9,16H2,1H3,(H,18,19)/b17-10+. The van der Waals surface area contributed by atoms with E-state index in [4.69, 9.17) is 5.73 Å². The molecule has 2 fully saturated rings. The SMILES string of the molecule is C/C(=N\NC(=O)C1CC12CCC2)c1ccc(N)cc1. The number of nitrogens with zero attached hydrogens (tertiary/aromatic N) is 1. The molecule has 100 valence electrons. The van der Waals surface area contributed by atoms with Crippen molar-refractivity contribution >= 4 is 17.3 Å². The lowest BCUT2D eigenvalue weighted by Gasteiger charge is -2.25. The predicted octanol–water partition coefficient (Wildman–Crippen LogP) is 2.30. The number of nitrogens with one attached hydrogen (secondary N) is 1. The van der Waals surface area contributed by atoms with Gasteiger partial charge in [-0.05, 0) is 49.3 Å². The van der Waals surface area contributed by atoms with E-state index in [1.54, 1.807) is 0 Å². The first-order valence-corrected chi connectivity index (χ1v) is 6.81. The van der Waals surface area contributed by atoms with Gasteiger partial charge in [0.2, 0.25) is 5.91 Å². The predicted molar refractivity (Wildman–Crippen MR) is 75.6 cm³/mol. The van der Waals surface area contributed by atoms with Crippen molar-refractivity contribution in [3.05, 3.63) is 29.8 Å². The zero-order valence-electron chi connectivity index (χ0n) is 11.1. The quantitative estimate of drug-likeness (QED) is 0.495. The summed E-state index contributed by atoms with van der Waals surface area (Å²) in [5, 5.41) is 4.19. The van der Waals surface area contributed by atoms with Gasteiger partial charge in [0.25, 0.3) is 0 Å². The second kappa shape index (κ2) is 4.37. The number of nitrogen functional groups attached to an aromatic ring is 1. The van der Waals surface area contributed by atoms with Crippen LogP contribution in [0.4, 0.5) is 5.69 Å². The first kappa shape index (κ1) is 12.2. The van der Waals surface area contributed by atoms with Gasteiger partial charge >= 0.3 is 0 Å². The Bertz CT molecular complexity index is 529. The van der Waals surface area contributed by atoms with Crippen molar-refractivity contribution in [1.82, 2.24) is 5.43 Å². The van der Waals surface area contributed by atoms with Gasteiger partial charge in [0.05, 0.1) is 5.71 Å². The summed E-state index contributed by atoms with van der Waals surface area (Å²) in [6.45, 7) is 1.89. The third-order valence-electron chi connectivity index (χ3n) is 4.52. The van der Waals surface area contributed by atoms with Gasteiger partial charge in [0.15, 0.2) is 0 Å². The number of amides is 1. The molecule has 1 aromatic rings. The summed E-state index contributed by atoms with van der Waals surface area (Å²) in [5.41, 5.74) is 11.2. The Morgan fingerprint density at radius 3 is 2.58 bits per heavy atom. The van der Waals surface area contributed by atoms with Crippen molar-refractivity contribution in [2.75, 3.05) is 5.73 Å². The van der Waals surface area contributed by atoms with Crippen LogP contribution in [0.1, 0.15) is 38.2 Å². The van der Waals surface area contributed by atoms with E-state index >= 15 is 0 Å². The van der Waals surface area contributed by atoms with Crippen LogP contribution in [0.3, 0.4) is 0 Å². The monoisotopic (exact) mass is 257 g/mol. The van der Waals surface area contributed by atoms with Gasteiger partial charge in [0.1, 0.15) is 0 Å². The van der Waals surface area contributed by atoms with E-state index in [0.717, 1.165) is 23.4 Å². The van der Waals surface area contributed by atoms with Crippen LogP contribution in [0.2, 0.25) is 0 Å². The van der Waals surface area contributed by atoms with Gasteiger partial charge in [-0.15, -0.1) is 0 Å². The second-order valence-electron chi connectivity index (χ2n) is 5.77. The Balaban J connectivity index is 1.60. The van der Waals surface area contributed by atoms with Crippen LogP contribution < -0.4 is 11.2 Å². The molecule has 0 heterocycles. The number of carbonyl (C=O) groups excluding carboxylic acids is 1. The molecule has 2 saturated carbocycles. The van der Waals surface area contributed by atoms with E-state index < -0.39 is 0 Å². The summed E-state index contributed by atoms with van der Waals surface area (Å²) in [4.78, 5) is 12.0. The number of benzene rings is 1. The van der Waals surface area contributed by atoms with Crippen LogP contribution in [0.5, 0.6) is 0 Å². The first-order chi connectivity index (χ1) is 9.11. The van der Waals surface area contributed by atoms with E-state index in [9.17, 15) is 4.79 Å². The molecule has 4 nitrogen and oxygen atoms in total. The summed E-state index contributed by atoms with van der Waals surface area (Å²) in [6, 6.07) is 7.48. The zero-order valence-corrected chi connectivity index (χ0v) is 11.1. The summed E-state index contributed by atoms with van der Waals surface area (Å²) >= 11 is 0. The van der Waals surface area contributed by atoms with E-state index in [0.29, 0.717) is 5.41 Å². The Morgan fingerprint density at radius 2 is 2.05 bits per heavy atom. The Labute approximate surface area is 113 Å². The Morgan fingerprint density at radius 1 is 1.37 bits per heavy atom. The molecular weight excluding hydrogens is 238 g/mol. The highest BCUT2D eigenvalue weighted by Gasteiger charge is 2.60. The first-order valence-electron chi connectivity index (χ1n) is 6.81. The highest BCUT2D eigenvalue weighted by Crippen LogP contribution is 2.65. The van der Waals surface area contributed by atoms with Crippen molar-refractivity contribution in [2.24, 2.45) is 16.4 Å². The topological polar surface area (TPSA) is 67.5 Å². The van der Waals surface area contributed by atoms with Crippen LogP contribution >= 0.6 is 0 Å². The fourth-order valence-corrected chi connectivity index (χ4v) is 2.91. The maximum Gasteiger partial charge on any atom is 0.243 e. The molecule has 3 N–H and O–H groups in total. The van der Waals surface area contributed by atoms with Gasteiger partial charge < -0.3 is 5.73 Å². The lowest BCUT2D eigenvalue weighted by atomic mass is 9.80. The largest absolute Gasteiger partial charge is 0.399 e. The van der Waals surface area contributed by atoms with E-state index in [2.05, 4.69) is 10.5 Å². The number of carbonyl (C=O) groups is 1. The molecule has 0 saturated heterocycles. The van der Waals surface area contributed by atoms with Gasteiger partial charge in [-0.2, -0.15) is 5.10 Å². The number of hydrogen-bond donors (Lipinski definition) is 2. The third kappa shape index (κ3) is 2.23. The minimum Gasteiger partial charge on any atom is -0.399 e. The van der Waals surface area contributed by atoms with Crippen LogP contribution in [-0.4, -0.2) is 11.6 Å². The number of hydrazone groups is 1. The molecule has 19 heavy (non-hydrogen) atoms. The summed E-state index contributed by atoms with van der Waals surface area (Å²) in [6.07, 6.45) is 4.75. The van der Waals surface area contributed by atoms with Gasteiger partial charge in [-0.3, -0.25) is 4.79 Å². The minimum atomic E-state index is 0.0782. The second-order valence-corrected chi connectivity index (χ2v) is 5.77. The molecule has 1 unspecified atom stereocenters. The molecule has 1 atom stereocenters. The van der Waals surface area contributed by atoms with Gasteiger partial charge in [0, 0.05) is 11.6 Å². The minimum absolute atomic E-state index is 0.0782. The van der Waals surface area contributed by atoms with Crippen LogP contribution in [0.15, 0.2) is 29.4 Å². The summed E-state index contributed by atoms with van der Waals surface area (Å²) in [5.74, 6) is 0.277. The molecule has 0 radical (unpaired) electrons. The highest BCUT2D eigenvalue weighted by atomic mass is 16.2. The number of hydrogen-bond acceptors (Lipinski definition) is 3. The van der Waals surface area contributed by atoms with Crippen LogP contribution in [0, 0.1) is 11.3 Å². The molecule has 3 rings (SSSR count). The normalized spacial score (nSPS) is 23.8. The molecule has 2 aliphatic carbocycles. The number of anilines is 1. The number of nitrogens with two attached hydrogens (primary N) is 1. The van der Waals surface area contributed by atoms with Crippen molar-refractivity contribution in [2.45, 2.75) is 32.6 Å². The molecule has 1 spiro atoms. The lowest BCUT2D eigenvalue weighted by molar-refractivity contribution is -0.123. The summed E-state index contributed by atoms with van der Waals surface area (Å²) < 4.78 is 0. The van der Waals surface area contributed by atoms with Crippen molar-refractivity contribution < 1.29 is 4.79 Å². The Hall–Kier alpha value is -1.84. The van der Waals surface area contributed by atoms with Crippen molar-refractivity contribution in [1.29, 1.82) is 0 Å². The smallest absolute Gasteiger partial charge is 0.243 e. The van der Waals surface area contributed by atoms with E-state index in [-0.39, 0.29) is 11.8 Å². The Kier molecular flexibility index (Phi) is 2.81. The molecule has 2 aliphatic rings. The highest BCUT2D eigenvalue weighted by molar-refractivity contribution is 5.99. The number of rotatable bonds is 3. The lowest BCUT2D eigenvalue weighted by Crippen LogP contribution is -2.26. The molecule has 1 amide bonds. The van der Waals surface area contributed by atoms with E-state index in [1.165, 1.54) is 19.3 Å². The van der Waals surface area contributed by atoms with Crippen LogP contribution in [0.25, 0.3) is 0 Å². The molecular formula is C15H19N3O. The molecule has 0 aliphatic heterocycles. The average molecular weight is 257 g/mol. The van der Waals surface area contributed by atoms with Crippen molar-refractivity contribution in [3.63, 3.8) is 0 Å². The van der Waals surface area contributed by atoms with E-state index in [1.807, 2.05) is 31.2 Å². The third-order valence-corrected chi connectivity index (χ3v) is 4.52. The molecule has 4 heteroatoms. The maximum absolute atomic E-state index is 12.0. The average Bonchev–Trinajstić information content (AvgIpc) is 3.12. The fraction of sp³-hybridized carbons (Fsp3) is 0.467. The molecule has 0 aromatic heterocycles. The van der Waals surface area contributed by atoms with Gasteiger partial charge in [-0.1, -0.05) is 18.6 Å². The van der Waals surface area contributed by atoms with Crippen molar-refractivity contribution in [3.8, 4) is 0 Å². The summed E-state index contributed by atoms with van der Waals surface area (Å²) in [7, 11) is 0. The van der Waals surface area contributed by atoms with Crippen LogP contribution in [-0.2, 0) is 4.79 Å². The molecule has 1 aromatic carbocycles. The maximum atomic E-state index is 12.0.